The first kappa shape index (κ1) is 8.27. The van der Waals surface area contributed by atoms with Crippen LogP contribution in [-0.4, -0.2) is 23.2 Å². The lowest BCUT2D eigenvalue weighted by Gasteiger charge is -2.01. The van der Waals surface area contributed by atoms with Crippen LogP contribution in [0.25, 0.3) is 0 Å². The Bertz CT molecular complexity index is 47.7. The second-order valence-corrected chi connectivity index (χ2v) is 3.24. The van der Waals surface area contributed by atoms with Crippen molar-refractivity contribution in [2.75, 3.05) is 18.6 Å². The Morgan fingerprint density at radius 3 is 2.50 bits per heavy atom. The lowest BCUT2D eigenvalue weighted by molar-refractivity contribution is 0.188. The molecule has 0 heterocycles. The maximum Gasteiger partial charge on any atom is 0.105 e. The van der Waals surface area contributed by atoms with E-state index in [2.05, 4.69) is 0 Å². The second kappa shape index (κ2) is 5.41. The first-order valence-corrected chi connectivity index (χ1v) is 4.38. The molecule has 0 aliphatic heterocycles. The molecule has 8 heavy (non-hydrogen) atoms. The summed E-state index contributed by atoms with van der Waals surface area (Å²) in [6.07, 6.45) is 3.14. The second-order valence-electron chi connectivity index (χ2n) is 1.69. The fourth-order valence-electron chi connectivity index (χ4n) is 0.407. The van der Waals surface area contributed by atoms with Crippen molar-refractivity contribution in [1.29, 1.82) is 0 Å². The summed E-state index contributed by atoms with van der Waals surface area (Å²) in [5, 5.41) is 9.81. The molecule has 2 nitrogen and oxygen atoms in total. The molecule has 0 saturated carbocycles. The highest BCUT2D eigenvalue weighted by Gasteiger charge is 1.94. The predicted molar refractivity (Wildman–Crippen MR) is 33.7 cm³/mol. The number of hydrogen-bond acceptors (Lipinski definition) is 1. The van der Waals surface area contributed by atoms with Crippen LogP contribution in [0.2, 0.25) is 0 Å². The van der Waals surface area contributed by atoms with Crippen LogP contribution in [0.3, 0.4) is 0 Å². The van der Waals surface area contributed by atoms with E-state index >= 15 is 0 Å². The van der Waals surface area contributed by atoms with Gasteiger partial charge in [0.25, 0.3) is 0 Å². The van der Waals surface area contributed by atoms with Crippen molar-refractivity contribution in [2.24, 2.45) is 0 Å². The normalized spacial score (nSPS) is 13.9. The molecule has 0 bridgehead atoms. The van der Waals surface area contributed by atoms with E-state index in [0.717, 1.165) is 6.42 Å². The Kier molecular flexibility index (Phi) is 5.59. The van der Waals surface area contributed by atoms with Crippen molar-refractivity contribution >= 4 is 11.2 Å². The van der Waals surface area contributed by atoms with Crippen LogP contribution in [-0.2, 0) is 16.3 Å². The van der Waals surface area contributed by atoms with Gasteiger partial charge in [0.2, 0.25) is 0 Å². The van der Waals surface area contributed by atoms with Gasteiger partial charge in [-0.15, -0.1) is 0 Å². The average molecular weight is 135 g/mol. The largest absolute Gasteiger partial charge is 0.617 e. The molecule has 0 aliphatic rings. The first-order valence-electron chi connectivity index (χ1n) is 2.65. The Hall–Kier alpha value is 0.270. The number of rotatable bonds is 4. The van der Waals surface area contributed by atoms with Crippen LogP contribution in [0.5, 0.6) is 0 Å². The van der Waals surface area contributed by atoms with Gasteiger partial charge in [-0.3, -0.25) is 0 Å². The molecule has 0 fully saturated rings. The van der Waals surface area contributed by atoms with E-state index in [9.17, 15) is 9.66 Å². The maximum absolute atomic E-state index is 10.3. The summed E-state index contributed by atoms with van der Waals surface area (Å²) in [5.74, 6) is 0.683. The predicted octanol–water partition coefficient (Wildman–Crippen LogP) is 0.576. The van der Waals surface area contributed by atoms with Crippen LogP contribution in [0.1, 0.15) is 12.8 Å². The zero-order valence-corrected chi connectivity index (χ0v) is 5.87. The molecule has 1 unspecified atom stereocenters. The van der Waals surface area contributed by atoms with Crippen LogP contribution < -0.4 is 0 Å². The third kappa shape index (κ3) is 6.27. The summed E-state index contributed by atoms with van der Waals surface area (Å²) < 4.78 is 10.3. The molecular weight excluding hydrogens is 124 g/mol. The average Bonchev–Trinajstić information content (AvgIpc) is 1.66. The molecule has 1 radical (unpaired) electrons. The van der Waals surface area contributed by atoms with E-state index in [0.29, 0.717) is 12.2 Å². The lowest BCUT2D eigenvalue weighted by Crippen LogP contribution is -2.02. The van der Waals surface area contributed by atoms with Crippen molar-refractivity contribution in [1.82, 2.24) is 0 Å². The van der Waals surface area contributed by atoms with Gasteiger partial charge < -0.3 is 4.55 Å². The molecule has 0 aromatic carbocycles. The molecule has 1 atom stereocenters. The first-order chi connectivity index (χ1) is 3.77. The molecule has 0 saturated heterocycles. The minimum absolute atomic E-state index is 0.0306. The van der Waals surface area contributed by atoms with Crippen molar-refractivity contribution in [3.8, 4) is 0 Å². The third-order valence-corrected chi connectivity index (χ3v) is 1.69. The van der Waals surface area contributed by atoms with Gasteiger partial charge in [0, 0.05) is 0 Å². The minimum atomic E-state index is -0.706. The summed E-state index contributed by atoms with van der Waals surface area (Å²) in [6.45, 7) is -0.0306. The van der Waals surface area contributed by atoms with Gasteiger partial charge in [-0.2, -0.15) is 0 Å². The van der Waals surface area contributed by atoms with E-state index in [1.807, 2.05) is 0 Å². The molecule has 0 rings (SSSR count). The number of unbranched alkanes of at least 4 members (excludes halogenated alkanes) is 1. The molecule has 0 spiro atoms. The van der Waals surface area contributed by atoms with Gasteiger partial charge in [-0.05, 0) is 12.8 Å². The third-order valence-electron chi connectivity index (χ3n) is 0.826. The maximum atomic E-state index is 10.3. The van der Waals surface area contributed by atoms with Gasteiger partial charge in [-0.1, -0.05) is 11.2 Å². The molecular formula is C5H11O2S. The Morgan fingerprint density at radius 2 is 2.12 bits per heavy atom. The summed E-state index contributed by atoms with van der Waals surface area (Å²) >= 11 is -0.706. The smallest absolute Gasteiger partial charge is 0.105 e. The molecule has 0 aromatic rings. The zero-order chi connectivity index (χ0) is 6.41. The van der Waals surface area contributed by atoms with Gasteiger partial charge in [0.05, 0.1) is 12.9 Å². The number of hydrogen-bond donors (Lipinski definition) is 0. The lowest BCUT2D eigenvalue weighted by atomic mass is 10.4. The van der Waals surface area contributed by atoms with Crippen LogP contribution in [0.4, 0.5) is 0 Å². The summed E-state index contributed by atoms with van der Waals surface area (Å²) in [7, 11) is 0. The zero-order valence-electron chi connectivity index (χ0n) is 5.05. The highest BCUT2D eigenvalue weighted by Crippen LogP contribution is 1.92. The Balaban J connectivity index is 2.72. The van der Waals surface area contributed by atoms with Gasteiger partial charge in [0.15, 0.2) is 0 Å². The minimum Gasteiger partial charge on any atom is -0.617 e. The van der Waals surface area contributed by atoms with E-state index in [1.54, 1.807) is 6.26 Å². The van der Waals surface area contributed by atoms with Crippen molar-refractivity contribution in [2.45, 2.75) is 12.8 Å². The quantitative estimate of drug-likeness (QED) is 0.410. The van der Waals surface area contributed by atoms with Crippen LogP contribution >= 0.6 is 0 Å². The highest BCUT2D eigenvalue weighted by molar-refractivity contribution is 7.90. The van der Waals surface area contributed by atoms with E-state index in [-0.39, 0.29) is 6.61 Å². The fraction of sp³-hybridized carbons (Fsp3) is 1.00. The Morgan fingerprint density at radius 1 is 1.50 bits per heavy atom. The Labute approximate surface area is 53.1 Å². The van der Waals surface area contributed by atoms with Crippen molar-refractivity contribution in [3.63, 3.8) is 0 Å². The highest BCUT2D eigenvalue weighted by atomic mass is 32.2. The summed E-state index contributed by atoms with van der Waals surface area (Å²) in [4.78, 5) is 0. The molecule has 3 heteroatoms. The molecule has 0 amide bonds. The van der Waals surface area contributed by atoms with Crippen molar-refractivity contribution in [3.05, 3.63) is 0 Å². The van der Waals surface area contributed by atoms with E-state index < -0.39 is 11.2 Å². The van der Waals surface area contributed by atoms with Gasteiger partial charge in [0.1, 0.15) is 5.75 Å². The standard InChI is InChI=1S/C5H11O2S/c1-8(7)5-3-2-4-6/h2-5H2,1H3. The van der Waals surface area contributed by atoms with E-state index in [1.165, 1.54) is 0 Å². The SMILES string of the molecule is C[S+]([O-])CCCC[O]. The van der Waals surface area contributed by atoms with E-state index in [4.69, 9.17) is 0 Å². The molecule has 0 aliphatic carbocycles. The molecule has 0 N–H and O–H groups in total. The monoisotopic (exact) mass is 135 g/mol. The summed E-state index contributed by atoms with van der Waals surface area (Å²) in [6, 6.07) is 0. The van der Waals surface area contributed by atoms with Crippen LogP contribution in [0.15, 0.2) is 0 Å². The fourth-order valence-corrected chi connectivity index (χ4v) is 1.02. The topological polar surface area (TPSA) is 43.0 Å². The van der Waals surface area contributed by atoms with Gasteiger partial charge >= 0.3 is 0 Å². The summed E-state index contributed by atoms with van der Waals surface area (Å²) in [5.41, 5.74) is 0. The van der Waals surface area contributed by atoms with Crippen molar-refractivity contribution < 1.29 is 9.66 Å². The molecule has 49 valence electrons. The van der Waals surface area contributed by atoms with Gasteiger partial charge in [-0.25, -0.2) is 5.11 Å². The molecule has 0 aromatic heterocycles. The van der Waals surface area contributed by atoms with Crippen LogP contribution in [0, 0.1) is 0 Å².